The zero-order valence-electron chi connectivity index (χ0n) is 18.3. The number of piperazine rings is 1. The minimum atomic E-state index is -0.602. The lowest BCUT2D eigenvalue weighted by Crippen LogP contribution is -2.54. The Bertz CT molecular complexity index is 1350. The summed E-state index contributed by atoms with van der Waals surface area (Å²) in [4.78, 5) is 28.4. The number of pyridine rings is 1. The molecule has 1 amide bonds. The normalized spacial score (nSPS) is 18.7. The molecular formula is C23H24FN7O2. The molecule has 33 heavy (non-hydrogen) atoms. The van der Waals surface area contributed by atoms with E-state index in [9.17, 15) is 14.3 Å². The van der Waals surface area contributed by atoms with Crippen LogP contribution in [0.3, 0.4) is 0 Å². The van der Waals surface area contributed by atoms with Gasteiger partial charge in [0.25, 0.3) is 5.91 Å². The van der Waals surface area contributed by atoms with Crippen molar-refractivity contribution in [3.05, 3.63) is 60.1 Å². The van der Waals surface area contributed by atoms with E-state index >= 15 is 0 Å². The number of aliphatic hydroxyl groups is 1. The number of aromatic nitrogens is 4. The predicted molar refractivity (Wildman–Crippen MR) is 123 cm³/mol. The molecule has 3 aromatic heterocycles. The van der Waals surface area contributed by atoms with Crippen LogP contribution >= 0.6 is 0 Å². The van der Waals surface area contributed by atoms with Crippen molar-refractivity contribution in [1.29, 1.82) is 0 Å². The van der Waals surface area contributed by atoms with Crippen LogP contribution in [0.15, 0.2) is 43.0 Å². The second-order valence-corrected chi connectivity index (χ2v) is 8.41. The van der Waals surface area contributed by atoms with Crippen molar-refractivity contribution in [3.63, 3.8) is 0 Å². The van der Waals surface area contributed by atoms with Crippen molar-refractivity contribution in [2.45, 2.75) is 32.5 Å². The van der Waals surface area contributed by atoms with Crippen LogP contribution in [-0.4, -0.2) is 55.5 Å². The first-order valence-corrected chi connectivity index (χ1v) is 10.8. The lowest BCUT2D eigenvalue weighted by molar-refractivity contribution is 0.102. The van der Waals surface area contributed by atoms with E-state index in [2.05, 4.69) is 44.3 Å². The average Bonchev–Trinajstić information content (AvgIpc) is 3.21. The van der Waals surface area contributed by atoms with Gasteiger partial charge in [-0.1, -0.05) is 0 Å². The maximum Gasteiger partial charge on any atom is 0.257 e. The molecule has 5 rings (SSSR count). The number of nitrogens with zero attached hydrogens (tertiary/aromatic N) is 5. The lowest BCUT2D eigenvalue weighted by atomic mass is 10.1. The van der Waals surface area contributed by atoms with E-state index in [4.69, 9.17) is 0 Å². The van der Waals surface area contributed by atoms with E-state index in [0.29, 0.717) is 34.4 Å². The number of rotatable bonds is 4. The summed E-state index contributed by atoms with van der Waals surface area (Å²) in [6.07, 6.45) is 6.23. The molecule has 4 heterocycles. The molecule has 0 saturated carbocycles. The van der Waals surface area contributed by atoms with Gasteiger partial charge in [0.1, 0.15) is 11.0 Å². The number of fused-ring (bicyclic) bond motifs is 2. The minimum Gasteiger partial charge on any atom is -0.390 e. The van der Waals surface area contributed by atoms with Crippen LogP contribution in [0.5, 0.6) is 0 Å². The van der Waals surface area contributed by atoms with Crippen molar-refractivity contribution >= 4 is 34.0 Å². The summed E-state index contributed by atoms with van der Waals surface area (Å²) in [6, 6.07) is 5.47. The van der Waals surface area contributed by atoms with Gasteiger partial charge in [0.2, 0.25) is 0 Å². The Morgan fingerprint density at radius 2 is 1.91 bits per heavy atom. The zero-order chi connectivity index (χ0) is 23.1. The summed E-state index contributed by atoms with van der Waals surface area (Å²) in [5.74, 6) is -1.02. The van der Waals surface area contributed by atoms with E-state index < -0.39 is 11.7 Å². The van der Waals surface area contributed by atoms with Crippen LogP contribution in [0.25, 0.3) is 16.7 Å². The molecule has 9 nitrogen and oxygen atoms in total. The number of benzene rings is 1. The molecule has 170 valence electrons. The number of anilines is 2. The first kappa shape index (κ1) is 21.2. The second-order valence-electron chi connectivity index (χ2n) is 8.41. The van der Waals surface area contributed by atoms with Crippen molar-refractivity contribution in [3.8, 4) is 0 Å². The van der Waals surface area contributed by atoms with E-state index in [0.717, 1.165) is 18.8 Å². The second kappa shape index (κ2) is 8.38. The summed E-state index contributed by atoms with van der Waals surface area (Å²) in [7, 11) is 0. The summed E-state index contributed by atoms with van der Waals surface area (Å²) in [6.45, 7) is 5.61. The summed E-state index contributed by atoms with van der Waals surface area (Å²) in [5.41, 5.74) is 3.09. The third-order valence-corrected chi connectivity index (χ3v) is 5.72. The number of aliphatic hydroxyl groups excluding tert-OH is 1. The smallest absolute Gasteiger partial charge is 0.257 e. The lowest BCUT2D eigenvalue weighted by Gasteiger charge is -2.38. The largest absolute Gasteiger partial charge is 0.390 e. The number of nitrogens with one attached hydrogen (secondary N) is 2. The van der Waals surface area contributed by atoms with Crippen LogP contribution in [0, 0.1) is 5.82 Å². The maximum absolute atomic E-state index is 14.5. The van der Waals surface area contributed by atoms with Crippen LogP contribution in [0.2, 0.25) is 0 Å². The van der Waals surface area contributed by atoms with Gasteiger partial charge in [0, 0.05) is 56.0 Å². The molecule has 4 aromatic rings. The summed E-state index contributed by atoms with van der Waals surface area (Å²) < 4.78 is 15.9. The number of amides is 1. The molecule has 0 radical (unpaired) electrons. The molecule has 10 heteroatoms. The van der Waals surface area contributed by atoms with Crippen LogP contribution < -0.4 is 15.5 Å². The molecule has 1 saturated heterocycles. The highest BCUT2D eigenvalue weighted by Gasteiger charge is 2.24. The summed E-state index contributed by atoms with van der Waals surface area (Å²) >= 11 is 0. The molecule has 1 aliphatic heterocycles. The Morgan fingerprint density at radius 3 is 2.64 bits per heavy atom. The Kier molecular flexibility index (Phi) is 5.39. The third-order valence-electron chi connectivity index (χ3n) is 5.72. The van der Waals surface area contributed by atoms with Crippen molar-refractivity contribution in [2.24, 2.45) is 0 Å². The number of carbonyl (C=O) groups excluding carboxylic acids is 1. The predicted octanol–water partition coefficient (Wildman–Crippen LogP) is 2.35. The van der Waals surface area contributed by atoms with Gasteiger partial charge in [-0.05, 0) is 26.0 Å². The molecule has 0 spiro atoms. The fourth-order valence-corrected chi connectivity index (χ4v) is 4.46. The van der Waals surface area contributed by atoms with E-state index in [1.165, 1.54) is 16.7 Å². The molecule has 1 aromatic carbocycles. The van der Waals surface area contributed by atoms with Gasteiger partial charge >= 0.3 is 0 Å². The van der Waals surface area contributed by atoms with Crippen molar-refractivity contribution in [2.75, 3.05) is 23.3 Å². The number of imidazole rings is 1. The standard InChI is InChI=1S/C23H24FN7O2/c1-13-8-30(9-14(2)27-13)19-4-3-17(20-21(19)26-6-5-25-20)23(33)29-15-7-18(24)22-28-16(12-32)11-31(22)10-15/h3-7,10-11,13-14,27,32H,8-9,12H2,1-2H3,(H,29,33). The number of carbonyl (C=O) groups is 1. The van der Waals surface area contributed by atoms with Gasteiger partial charge in [-0.2, -0.15) is 0 Å². The molecule has 1 fully saturated rings. The molecule has 0 bridgehead atoms. The van der Waals surface area contributed by atoms with Gasteiger partial charge in [-0.15, -0.1) is 0 Å². The van der Waals surface area contributed by atoms with Crippen molar-refractivity contribution in [1.82, 2.24) is 24.7 Å². The van der Waals surface area contributed by atoms with Gasteiger partial charge < -0.3 is 25.0 Å². The molecule has 3 N–H and O–H groups in total. The van der Waals surface area contributed by atoms with Gasteiger partial charge in [0.05, 0.1) is 29.2 Å². The summed E-state index contributed by atoms with van der Waals surface area (Å²) in [5, 5.41) is 15.5. The number of halogens is 1. The van der Waals surface area contributed by atoms with Crippen LogP contribution in [-0.2, 0) is 6.61 Å². The van der Waals surface area contributed by atoms with Crippen LogP contribution in [0.4, 0.5) is 15.8 Å². The van der Waals surface area contributed by atoms with E-state index in [1.54, 1.807) is 24.7 Å². The Hall–Kier alpha value is -3.63. The Labute approximate surface area is 189 Å². The Balaban J connectivity index is 1.49. The molecular weight excluding hydrogens is 425 g/mol. The topological polar surface area (TPSA) is 108 Å². The molecule has 2 atom stereocenters. The first-order valence-electron chi connectivity index (χ1n) is 10.8. The van der Waals surface area contributed by atoms with E-state index in [1.807, 2.05) is 6.07 Å². The van der Waals surface area contributed by atoms with Gasteiger partial charge in [-0.3, -0.25) is 14.8 Å². The highest BCUT2D eigenvalue weighted by molar-refractivity contribution is 6.13. The first-order chi connectivity index (χ1) is 15.9. The molecule has 1 aliphatic rings. The highest BCUT2D eigenvalue weighted by Crippen LogP contribution is 2.29. The minimum absolute atomic E-state index is 0.0807. The Morgan fingerprint density at radius 1 is 1.18 bits per heavy atom. The fourth-order valence-electron chi connectivity index (χ4n) is 4.46. The van der Waals surface area contributed by atoms with Gasteiger partial charge in [0.15, 0.2) is 11.5 Å². The SMILES string of the molecule is CC1CN(c2ccc(C(=O)Nc3cc(F)c4nc(CO)cn4c3)c3nccnc23)CC(C)N1. The third kappa shape index (κ3) is 3.98. The number of hydrogen-bond acceptors (Lipinski definition) is 7. The molecule has 0 aliphatic carbocycles. The average molecular weight is 449 g/mol. The van der Waals surface area contributed by atoms with Crippen LogP contribution in [0.1, 0.15) is 29.9 Å². The van der Waals surface area contributed by atoms with E-state index in [-0.39, 0.29) is 17.9 Å². The molecule has 2 unspecified atom stereocenters. The highest BCUT2D eigenvalue weighted by atomic mass is 19.1. The fraction of sp³-hybridized carbons (Fsp3) is 0.304. The van der Waals surface area contributed by atoms with Gasteiger partial charge in [-0.25, -0.2) is 9.37 Å². The monoisotopic (exact) mass is 449 g/mol. The van der Waals surface area contributed by atoms with Crippen molar-refractivity contribution < 1.29 is 14.3 Å². The maximum atomic E-state index is 14.5. The zero-order valence-corrected chi connectivity index (χ0v) is 18.3. The quantitative estimate of drug-likeness (QED) is 0.439. The number of hydrogen-bond donors (Lipinski definition) is 3.